The monoisotopic (exact) mass is 270 g/mol. The van der Waals surface area contributed by atoms with E-state index in [-0.39, 0.29) is 17.9 Å². The van der Waals surface area contributed by atoms with Crippen molar-refractivity contribution in [2.75, 3.05) is 0 Å². The Hall–Kier alpha value is -1.77. The first-order chi connectivity index (χ1) is 9.72. The summed E-state index contributed by atoms with van der Waals surface area (Å²) in [4.78, 5) is 15.7. The van der Waals surface area contributed by atoms with Gasteiger partial charge in [0.1, 0.15) is 0 Å². The highest BCUT2D eigenvalue weighted by atomic mass is 16.1. The van der Waals surface area contributed by atoms with Crippen LogP contribution in [-0.2, 0) is 17.6 Å². The van der Waals surface area contributed by atoms with Crippen LogP contribution in [0.15, 0.2) is 24.3 Å². The predicted octanol–water partition coefficient (Wildman–Crippen LogP) is 3.19. The summed E-state index contributed by atoms with van der Waals surface area (Å²) in [7, 11) is 0. The number of aromatic nitrogens is 1. The van der Waals surface area contributed by atoms with E-state index < -0.39 is 0 Å². The van der Waals surface area contributed by atoms with Crippen molar-refractivity contribution >= 4 is 16.8 Å². The first-order valence-electron chi connectivity index (χ1n) is 7.61. The average molecular weight is 270 g/mol. The highest BCUT2D eigenvalue weighted by Gasteiger charge is 2.27. The van der Waals surface area contributed by atoms with Crippen LogP contribution in [0.4, 0.5) is 0 Å². The van der Waals surface area contributed by atoms with Crippen molar-refractivity contribution in [3.8, 4) is 0 Å². The Labute approximate surface area is 119 Å². The number of nitrogens with one attached hydrogen (secondary N) is 2. The number of hydrogen-bond donors (Lipinski definition) is 2. The standard InChI is InChI=1S/C17H22N2O/c1-3-11(4-2)17(20)18-12-9-14-13-7-5-6-8-15(13)19-16(14)10-12/h5-8,11-12,19H,3-4,9-10H2,1-2H3,(H,18,20). The van der Waals surface area contributed by atoms with Crippen LogP contribution in [-0.4, -0.2) is 16.9 Å². The molecular formula is C17H22N2O. The van der Waals surface area contributed by atoms with Crippen molar-refractivity contribution in [1.29, 1.82) is 0 Å². The predicted molar refractivity (Wildman–Crippen MR) is 81.7 cm³/mol. The van der Waals surface area contributed by atoms with Crippen LogP contribution in [0.25, 0.3) is 10.9 Å². The third-order valence-corrected chi connectivity index (χ3v) is 4.51. The zero-order chi connectivity index (χ0) is 14.1. The van der Waals surface area contributed by atoms with E-state index in [4.69, 9.17) is 0 Å². The summed E-state index contributed by atoms with van der Waals surface area (Å²) in [5.74, 6) is 0.375. The van der Waals surface area contributed by atoms with E-state index in [1.165, 1.54) is 22.2 Å². The van der Waals surface area contributed by atoms with E-state index in [0.717, 1.165) is 25.7 Å². The topological polar surface area (TPSA) is 44.9 Å². The number of aromatic amines is 1. The fourth-order valence-corrected chi connectivity index (χ4v) is 3.31. The lowest BCUT2D eigenvalue weighted by Gasteiger charge is -2.17. The molecule has 1 aromatic heterocycles. The van der Waals surface area contributed by atoms with Gasteiger partial charge in [-0.15, -0.1) is 0 Å². The molecule has 1 atom stereocenters. The number of rotatable bonds is 4. The Balaban J connectivity index is 1.73. The van der Waals surface area contributed by atoms with E-state index in [1.807, 2.05) is 0 Å². The molecule has 0 saturated heterocycles. The van der Waals surface area contributed by atoms with E-state index in [9.17, 15) is 4.79 Å². The molecule has 0 spiro atoms. The van der Waals surface area contributed by atoms with Crippen LogP contribution < -0.4 is 5.32 Å². The second kappa shape index (κ2) is 5.31. The van der Waals surface area contributed by atoms with Crippen LogP contribution in [0.5, 0.6) is 0 Å². The number of hydrogen-bond acceptors (Lipinski definition) is 1. The Morgan fingerprint density at radius 3 is 2.80 bits per heavy atom. The van der Waals surface area contributed by atoms with Crippen LogP contribution >= 0.6 is 0 Å². The van der Waals surface area contributed by atoms with Gasteiger partial charge in [-0.05, 0) is 30.9 Å². The van der Waals surface area contributed by atoms with Crippen LogP contribution in [0, 0.1) is 5.92 Å². The lowest BCUT2D eigenvalue weighted by atomic mass is 10.0. The number of para-hydroxylation sites is 1. The highest BCUT2D eigenvalue weighted by Crippen LogP contribution is 2.30. The van der Waals surface area contributed by atoms with Gasteiger partial charge in [0.2, 0.25) is 5.91 Å². The number of carbonyl (C=O) groups excluding carboxylic acids is 1. The molecule has 2 aromatic rings. The molecule has 3 heteroatoms. The van der Waals surface area contributed by atoms with Gasteiger partial charge in [-0.25, -0.2) is 0 Å². The summed E-state index contributed by atoms with van der Waals surface area (Å²) in [6.07, 6.45) is 3.72. The molecule has 2 N–H and O–H groups in total. The molecule has 0 saturated carbocycles. The van der Waals surface area contributed by atoms with Crippen LogP contribution in [0.3, 0.4) is 0 Å². The van der Waals surface area contributed by atoms with Gasteiger partial charge in [-0.1, -0.05) is 32.0 Å². The SMILES string of the molecule is CCC(CC)C(=O)NC1Cc2[nH]c3ccccc3c2C1. The van der Waals surface area contributed by atoms with Gasteiger partial charge in [0.15, 0.2) is 0 Å². The number of benzene rings is 1. The average Bonchev–Trinajstić information content (AvgIpc) is 2.97. The van der Waals surface area contributed by atoms with Crippen molar-refractivity contribution < 1.29 is 4.79 Å². The van der Waals surface area contributed by atoms with Gasteiger partial charge < -0.3 is 10.3 Å². The minimum atomic E-state index is 0.158. The Kier molecular flexibility index (Phi) is 3.51. The molecule has 3 nitrogen and oxygen atoms in total. The zero-order valence-corrected chi connectivity index (χ0v) is 12.2. The van der Waals surface area contributed by atoms with E-state index in [2.05, 4.69) is 48.4 Å². The molecule has 1 unspecified atom stereocenters. The van der Waals surface area contributed by atoms with Gasteiger partial charge in [0.25, 0.3) is 0 Å². The molecule has 20 heavy (non-hydrogen) atoms. The number of carbonyl (C=O) groups is 1. The maximum absolute atomic E-state index is 12.2. The molecule has 3 rings (SSSR count). The lowest BCUT2D eigenvalue weighted by molar-refractivity contribution is -0.125. The third kappa shape index (κ3) is 2.21. The molecule has 1 aliphatic carbocycles. The van der Waals surface area contributed by atoms with Gasteiger partial charge in [-0.2, -0.15) is 0 Å². The summed E-state index contributed by atoms with van der Waals surface area (Å²) < 4.78 is 0. The molecule has 1 aromatic carbocycles. The molecule has 0 bridgehead atoms. The Morgan fingerprint density at radius 2 is 2.05 bits per heavy atom. The fourth-order valence-electron chi connectivity index (χ4n) is 3.31. The minimum Gasteiger partial charge on any atom is -0.358 e. The maximum Gasteiger partial charge on any atom is 0.223 e. The number of amides is 1. The lowest BCUT2D eigenvalue weighted by Crippen LogP contribution is -2.39. The first kappa shape index (κ1) is 13.2. The second-order valence-corrected chi connectivity index (χ2v) is 5.75. The molecule has 1 amide bonds. The summed E-state index contributed by atoms with van der Waals surface area (Å²) >= 11 is 0. The Bertz CT molecular complexity index is 625. The van der Waals surface area contributed by atoms with E-state index in [0.29, 0.717) is 0 Å². The summed E-state index contributed by atoms with van der Waals surface area (Å²) in [6.45, 7) is 4.16. The summed E-state index contributed by atoms with van der Waals surface area (Å²) in [5.41, 5.74) is 3.89. The first-order valence-corrected chi connectivity index (χ1v) is 7.61. The van der Waals surface area contributed by atoms with Gasteiger partial charge in [0.05, 0.1) is 0 Å². The van der Waals surface area contributed by atoms with Gasteiger partial charge in [-0.3, -0.25) is 4.79 Å². The molecular weight excluding hydrogens is 248 g/mol. The number of fused-ring (bicyclic) bond motifs is 3. The van der Waals surface area contributed by atoms with Crippen molar-refractivity contribution in [2.24, 2.45) is 5.92 Å². The van der Waals surface area contributed by atoms with Gasteiger partial charge >= 0.3 is 0 Å². The van der Waals surface area contributed by atoms with E-state index >= 15 is 0 Å². The molecule has 0 aliphatic heterocycles. The normalized spacial score (nSPS) is 17.6. The maximum atomic E-state index is 12.2. The van der Waals surface area contributed by atoms with Crippen LogP contribution in [0.2, 0.25) is 0 Å². The second-order valence-electron chi connectivity index (χ2n) is 5.75. The molecule has 1 heterocycles. The van der Waals surface area contributed by atoms with E-state index in [1.54, 1.807) is 0 Å². The highest BCUT2D eigenvalue weighted by molar-refractivity contribution is 5.86. The fraction of sp³-hybridized carbons (Fsp3) is 0.471. The summed E-state index contributed by atoms with van der Waals surface area (Å²) in [5, 5.41) is 4.53. The Morgan fingerprint density at radius 1 is 1.30 bits per heavy atom. The molecule has 106 valence electrons. The minimum absolute atomic E-state index is 0.158. The van der Waals surface area contributed by atoms with Crippen molar-refractivity contribution in [1.82, 2.24) is 10.3 Å². The summed E-state index contributed by atoms with van der Waals surface area (Å²) in [6, 6.07) is 8.67. The molecule has 0 radical (unpaired) electrons. The molecule has 1 aliphatic rings. The van der Waals surface area contributed by atoms with Gasteiger partial charge in [0, 0.05) is 35.0 Å². The quantitative estimate of drug-likeness (QED) is 0.880. The number of H-pyrrole nitrogens is 1. The smallest absolute Gasteiger partial charge is 0.223 e. The molecule has 0 fully saturated rings. The van der Waals surface area contributed by atoms with Crippen molar-refractivity contribution in [2.45, 2.75) is 45.6 Å². The largest absolute Gasteiger partial charge is 0.358 e. The van der Waals surface area contributed by atoms with Crippen molar-refractivity contribution in [3.05, 3.63) is 35.5 Å². The van der Waals surface area contributed by atoms with Crippen molar-refractivity contribution in [3.63, 3.8) is 0 Å². The zero-order valence-electron chi connectivity index (χ0n) is 12.2. The van der Waals surface area contributed by atoms with Crippen LogP contribution in [0.1, 0.15) is 37.9 Å². The third-order valence-electron chi connectivity index (χ3n) is 4.51.